The molecular formula is C34H39FN6O3S. The zero-order valence-electron chi connectivity index (χ0n) is 26.9. The number of carbonyl (C=O) groups is 1. The largest absolute Gasteiger partial charge is 0.444 e. The van der Waals surface area contributed by atoms with Crippen LogP contribution in [0, 0.1) is 23.1 Å². The lowest BCUT2D eigenvalue weighted by Gasteiger charge is -2.40. The van der Waals surface area contributed by atoms with E-state index in [0.29, 0.717) is 41.7 Å². The van der Waals surface area contributed by atoms with E-state index in [-0.39, 0.29) is 10.6 Å². The second-order valence-corrected chi connectivity index (χ2v) is 13.6. The van der Waals surface area contributed by atoms with Gasteiger partial charge in [-0.3, -0.25) is 5.32 Å². The third-order valence-corrected chi connectivity index (χ3v) is 9.88. The number of halogens is 1. The van der Waals surface area contributed by atoms with Gasteiger partial charge in [0, 0.05) is 48.6 Å². The van der Waals surface area contributed by atoms with Gasteiger partial charge in [-0.1, -0.05) is 26.8 Å². The van der Waals surface area contributed by atoms with Crippen LogP contribution in [0.1, 0.15) is 63.8 Å². The van der Waals surface area contributed by atoms with Crippen LogP contribution < -0.4 is 10.2 Å². The molecule has 2 unspecified atom stereocenters. The summed E-state index contributed by atoms with van der Waals surface area (Å²) in [7, 11) is 2.16. The molecule has 2 aromatic heterocycles. The standard InChI is InChI=1S/C32H33FN6O3S.C2H6/c1-6-17-25(18-7-8-23(33)28-26(18)19(9-34)29(43-28)37-31(40)42-32(2,3)4)22-15-41-14-21(22)20-10-35-30(36-27(17)20)39-12-16-11-38(5)24(16)13-39;1-2/h7-8,10,16,24H,6,11-15H2,1-5H3,(H,37,40);1-2H3. The summed E-state index contributed by atoms with van der Waals surface area (Å²) in [6.07, 6.45) is 1.89. The number of hydrogen-bond acceptors (Lipinski definition) is 9. The molecule has 7 rings (SSSR count). The fourth-order valence-electron chi connectivity index (χ4n) is 6.87. The van der Waals surface area contributed by atoms with Crippen molar-refractivity contribution in [1.82, 2.24) is 14.9 Å². The van der Waals surface area contributed by atoms with Crippen LogP contribution in [0.2, 0.25) is 0 Å². The number of hydrogen-bond donors (Lipinski definition) is 1. The molecule has 236 valence electrons. The van der Waals surface area contributed by atoms with Crippen molar-refractivity contribution in [2.24, 2.45) is 5.92 Å². The molecule has 2 fully saturated rings. The highest BCUT2D eigenvalue weighted by Gasteiger charge is 2.44. The van der Waals surface area contributed by atoms with Crippen molar-refractivity contribution >= 4 is 49.4 Å². The fourth-order valence-corrected chi connectivity index (χ4v) is 7.94. The molecule has 3 aliphatic heterocycles. The molecule has 2 aromatic carbocycles. The van der Waals surface area contributed by atoms with E-state index in [4.69, 9.17) is 19.4 Å². The molecule has 1 amide bonds. The lowest BCUT2D eigenvalue weighted by molar-refractivity contribution is 0.0636. The normalized spacial score (nSPS) is 19.0. The topological polar surface area (TPSA) is 104 Å². The molecule has 4 aromatic rings. The van der Waals surface area contributed by atoms with Gasteiger partial charge < -0.3 is 19.3 Å². The first-order valence-corrected chi connectivity index (χ1v) is 16.4. The van der Waals surface area contributed by atoms with Gasteiger partial charge in [-0.25, -0.2) is 19.2 Å². The van der Waals surface area contributed by atoms with Crippen LogP contribution in [-0.4, -0.2) is 59.3 Å². The van der Waals surface area contributed by atoms with Gasteiger partial charge in [0.2, 0.25) is 5.95 Å². The summed E-state index contributed by atoms with van der Waals surface area (Å²) in [5.41, 5.74) is 5.01. The predicted molar refractivity (Wildman–Crippen MR) is 176 cm³/mol. The summed E-state index contributed by atoms with van der Waals surface area (Å²) >= 11 is 1.04. The zero-order valence-corrected chi connectivity index (χ0v) is 27.7. The lowest BCUT2D eigenvalue weighted by atomic mass is 9.86. The molecule has 0 bridgehead atoms. The number of likely N-dealkylation sites (tertiary alicyclic amines) is 1. The minimum atomic E-state index is -0.725. The van der Waals surface area contributed by atoms with Crippen LogP contribution in [0.3, 0.4) is 0 Å². The molecule has 0 saturated carbocycles. The van der Waals surface area contributed by atoms with E-state index in [2.05, 4.69) is 35.2 Å². The molecule has 3 aliphatic rings. The number of likely N-dealkylation sites (N-methyl/N-ethyl adjacent to an activating group) is 1. The monoisotopic (exact) mass is 630 g/mol. The Balaban J connectivity index is 0.00000175. The Bertz CT molecular complexity index is 1860. The summed E-state index contributed by atoms with van der Waals surface area (Å²) < 4.78 is 27.1. The number of nitrogens with zero attached hydrogens (tertiary/aromatic N) is 5. The number of carbonyl (C=O) groups excluding carboxylic acids is 1. The van der Waals surface area contributed by atoms with Crippen molar-refractivity contribution in [2.45, 2.75) is 72.8 Å². The van der Waals surface area contributed by atoms with Crippen LogP contribution in [0.15, 0.2) is 18.3 Å². The number of thiophene rings is 1. The second-order valence-electron chi connectivity index (χ2n) is 12.6. The van der Waals surface area contributed by atoms with Gasteiger partial charge in [0.1, 0.15) is 22.5 Å². The highest BCUT2D eigenvalue weighted by molar-refractivity contribution is 7.23. The third-order valence-electron chi connectivity index (χ3n) is 8.77. The molecule has 11 heteroatoms. The van der Waals surface area contributed by atoms with E-state index in [1.54, 1.807) is 26.8 Å². The first kappa shape index (κ1) is 31.1. The van der Waals surface area contributed by atoms with Gasteiger partial charge >= 0.3 is 6.09 Å². The Morgan fingerprint density at radius 3 is 2.64 bits per heavy atom. The number of benzene rings is 2. The number of fused-ring (bicyclic) bond motifs is 5. The molecule has 0 aliphatic carbocycles. The SMILES string of the molecule is CC.CCc1c(-c2ccc(F)c3sc(NC(=O)OC(C)(C)C)c(C#N)c23)c2c(c3cnc(N4CC5CN(C)C5C4)nc13)COC2. The number of anilines is 2. The van der Waals surface area contributed by atoms with Gasteiger partial charge in [0.15, 0.2) is 0 Å². The molecule has 2 saturated heterocycles. The number of amides is 1. The van der Waals surface area contributed by atoms with Gasteiger partial charge in [0.25, 0.3) is 0 Å². The number of nitrogens with one attached hydrogen (secondary N) is 1. The Morgan fingerprint density at radius 2 is 1.98 bits per heavy atom. The van der Waals surface area contributed by atoms with Gasteiger partial charge in [-0.15, -0.1) is 11.3 Å². The van der Waals surface area contributed by atoms with Crippen molar-refractivity contribution in [2.75, 3.05) is 36.9 Å². The number of nitriles is 1. The minimum Gasteiger partial charge on any atom is -0.444 e. The highest BCUT2D eigenvalue weighted by atomic mass is 32.1. The zero-order chi connectivity index (χ0) is 32.2. The molecule has 9 nitrogen and oxygen atoms in total. The van der Waals surface area contributed by atoms with Crippen molar-refractivity contribution in [1.29, 1.82) is 5.26 Å². The Labute approximate surface area is 267 Å². The molecule has 2 atom stereocenters. The minimum absolute atomic E-state index is 0.204. The summed E-state index contributed by atoms with van der Waals surface area (Å²) in [4.78, 5) is 27.3. The Kier molecular flexibility index (Phi) is 8.18. The van der Waals surface area contributed by atoms with Crippen molar-refractivity contribution < 1.29 is 18.7 Å². The fraction of sp³-hybridized carbons (Fsp3) is 0.471. The number of rotatable bonds is 4. The molecule has 1 N–H and O–H groups in total. The van der Waals surface area contributed by atoms with Crippen molar-refractivity contribution in [3.63, 3.8) is 0 Å². The number of ether oxygens (including phenoxy) is 2. The van der Waals surface area contributed by atoms with E-state index in [0.717, 1.165) is 75.6 Å². The quantitative estimate of drug-likeness (QED) is 0.252. The molecule has 0 radical (unpaired) electrons. The smallest absolute Gasteiger partial charge is 0.412 e. The number of aromatic nitrogens is 2. The summed E-state index contributed by atoms with van der Waals surface area (Å²) in [6.45, 7) is 15.1. The highest BCUT2D eigenvalue weighted by Crippen LogP contribution is 2.47. The first-order valence-electron chi connectivity index (χ1n) is 15.6. The van der Waals surface area contributed by atoms with Crippen LogP contribution in [0.5, 0.6) is 0 Å². The Hall–Kier alpha value is -3.85. The predicted octanol–water partition coefficient (Wildman–Crippen LogP) is 7.24. The summed E-state index contributed by atoms with van der Waals surface area (Å²) in [5.74, 6) is 0.900. The van der Waals surface area contributed by atoms with E-state index >= 15 is 4.39 Å². The average molecular weight is 631 g/mol. The van der Waals surface area contributed by atoms with E-state index in [1.807, 2.05) is 20.0 Å². The van der Waals surface area contributed by atoms with E-state index < -0.39 is 17.5 Å². The maximum Gasteiger partial charge on any atom is 0.412 e. The first-order chi connectivity index (χ1) is 21.6. The maximum atomic E-state index is 15.4. The number of aryl methyl sites for hydroxylation is 1. The molecular weight excluding hydrogens is 591 g/mol. The molecule has 0 spiro atoms. The van der Waals surface area contributed by atoms with Crippen molar-refractivity contribution in [3.8, 4) is 17.2 Å². The van der Waals surface area contributed by atoms with E-state index in [1.165, 1.54) is 6.07 Å². The third kappa shape index (κ3) is 5.29. The summed E-state index contributed by atoms with van der Waals surface area (Å²) in [5, 5.41) is 14.7. The molecule has 5 heterocycles. The maximum absolute atomic E-state index is 15.4. The van der Waals surface area contributed by atoms with Gasteiger partial charge in [0.05, 0.1) is 29.0 Å². The Morgan fingerprint density at radius 1 is 1.22 bits per heavy atom. The lowest BCUT2D eigenvalue weighted by Crippen LogP contribution is -2.52. The summed E-state index contributed by atoms with van der Waals surface area (Å²) in [6, 6.07) is 5.94. The van der Waals surface area contributed by atoms with E-state index in [9.17, 15) is 10.1 Å². The van der Waals surface area contributed by atoms with Crippen molar-refractivity contribution in [3.05, 3.63) is 46.4 Å². The van der Waals surface area contributed by atoms with Crippen LogP contribution in [0.25, 0.3) is 32.1 Å². The van der Waals surface area contributed by atoms with Crippen LogP contribution in [0.4, 0.5) is 20.1 Å². The van der Waals surface area contributed by atoms with Crippen LogP contribution >= 0.6 is 11.3 Å². The average Bonchev–Trinajstić information content (AvgIpc) is 3.72. The van der Waals surface area contributed by atoms with Gasteiger partial charge in [-0.05, 0) is 68.1 Å². The van der Waals surface area contributed by atoms with Gasteiger partial charge in [-0.2, -0.15) is 5.26 Å². The second kappa shape index (κ2) is 11.8. The van der Waals surface area contributed by atoms with Crippen LogP contribution in [-0.2, 0) is 29.1 Å². The molecule has 45 heavy (non-hydrogen) atoms.